The molecule has 2 bridgehead atoms. The summed E-state index contributed by atoms with van der Waals surface area (Å²) in [6, 6.07) is 8.86. The number of alkyl carbamates (subject to hydrolysis) is 1. The summed E-state index contributed by atoms with van der Waals surface area (Å²) in [5, 5.41) is 15.0. The standard InChI is InChI=1S/C31H41N3O7.C30H42N4O8/c1-31(2,3)21-16-27(35)41-26-13-18(26)9-7-6-8-10-23-28(33-24-14-19(38-4)11-12-22(24)32-23)40-20-15-25(30(37)39-5)34(17-20)29(21)36;1-30(2,3)25(27(35)36)34-29(38)42-24-13-17(24)9-7-6-8-10-21-26(41-19-15-23(31-16-19)28(37)40-5)33-22-14-18(39-4)11-12-20(22)32-21/h11-12,14,18,20-21,25-26H,6-10,13,15-17H2,1-5H3;11-12,14,17,19,23-25,31H,6-10,13,15-16H2,1-5H3,(H,34,38)(H,35,36)/t18-,20-,21-,25+,26-;17-,19-,23+,24-,25-/m11/s1. The van der Waals surface area contributed by atoms with E-state index in [1.165, 1.54) is 19.1 Å². The van der Waals surface area contributed by atoms with Gasteiger partial charge in [-0.25, -0.2) is 34.3 Å². The number of amides is 2. The number of unbranched alkanes of at least 4 members (excludes halogenated alkanes) is 2. The number of esters is 3. The molecule has 2 saturated heterocycles. The number of hydrogen-bond acceptors (Lipinski definition) is 19. The van der Waals surface area contributed by atoms with Gasteiger partial charge in [-0.15, -0.1) is 0 Å². The highest BCUT2D eigenvalue weighted by Crippen LogP contribution is 2.42. The number of benzene rings is 2. The first-order valence-electron chi connectivity index (χ1n) is 29.2. The van der Waals surface area contributed by atoms with Crippen molar-refractivity contribution in [3.05, 3.63) is 47.8 Å². The van der Waals surface area contributed by atoms with Crippen LogP contribution in [-0.4, -0.2) is 150 Å². The van der Waals surface area contributed by atoms with Crippen LogP contribution in [0.4, 0.5) is 4.79 Å². The summed E-state index contributed by atoms with van der Waals surface area (Å²) < 4.78 is 44.6. The molecule has 452 valence electrons. The lowest BCUT2D eigenvalue weighted by atomic mass is 9.77. The first-order chi connectivity index (χ1) is 39.5. The topological polar surface area (TPSA) is 275 Å². The molecule has 4 aromatic rings. The number of aliphatic carboxylic acids is 1. The van der Waals surface area contributed by atoms with Crippen LogP contribution in [-0.2, 0) is 55.8 Å². The summed E-state index contributed by atoms with van der Waals surface area (Å²) in [7, 11) is 5.89. The molecular formula is C61H83N7O15. The van der Waals surface area contributed by atoms with Crippen LogP contribution < -0.4 is 29.6 Å². The highest BCUT2D eigenvalue weighted by atomic mass is 16.6. The van der Waals surface area contributed by atoms with Crippen LogP contribution in [0.5, 0.6) is 23.3 Å². The Labute approximate surface area is 485 Å². The Hall–Kier alpha value is -7.10. The molecule has 3 N–H and O–H groups in total. The molecule has 83 heavy (non-hydrogen) atoms. The summed E-state index contributed by atoms with van der Waals surface area (Å²) in [6.07, 6.45) is 9.77. The smallest absolute Gasteiger partial charge is 0.408 e. The van der Waals surface area contributed by atoms with E-state index in [0.29, 0.717) is 71.9 Å². The normalized spacial score (nSPS) is 24.9. The van der Waals surface area contributed by atoms with Gasteiger partial charge in [0, 0.05) is 31.5 Å². The van der Waals surface area contributed by atoms with Crippen molar-refractivity contribution in [3.8, 4) is 23.3 Å². The Balaban J connectivity index is 0.000000217. The van der Waals surface area contributed by atoms with Crippen molar-refractivity contribution in [3.63, 3.8) is 0 Å². The second-order valence-electron chi connectivity index (χ2n) is 24.7. The molecule has 0 radical (unpaired) electrons. The van der Waals surface area contributed by atoms with Crippen molar-refractivity contribution in [2.24, 2.45) is 28.6 Å². The number of aryl methyl sites for hydroxylation is 2. The first-order valence-corrected chi connectivity index (χ1v) is 29.2. The van der Waals surface area contributed by atoms with Gasteiger partial charge in [-0.1, -0.05) is 67.2 Å². The predicted octanol–water partition coefficient (Wildman–Crippen LogP) is 7.90. The van der Waals surface area contributed by atoms with Gasteiger partial charge in [0.25, 0.3) is 0 Å². The number of carboxylic acid groups (broad SMARTS) is 1. The molecule has 2 aromatic carbocycles. The number of nitrogens with zero attached hydrogens (tertiary/aromatic N) is 5. The Bertz CT molecular complexity index is 2980. The molecule has 9 rings (SSSR count). The van der Waals surface area contributed by atoms with Crippen molar-refractivity contribution in [2.75, 3.05) is 41.5 Å². The summed E-state index contributed by atoms with van der Waals surface area (Å²) in [4.78, 5) is 96.3. The van der Waals surface area contributed by atoms with Crippen LogP contribution >= 0.6 is 0 Å². The number of hydrogen-bond donors (Lipinski definition) is 3. The molecule has 5 aliphatic rings. The van der Waals surface area contributed by atoms with Crippen LogP contribution in [0.1, 0.15) is 136 Å². The molecule has 0 spiro atoms. The molecule has 10 atom stereocenters. The number of rotatable bonds is 15. The number of carbonyl (C=O) groups is 6. The van der Waals surface area contributed by atoms with E-state index >= 15 is 0 Å². The summed E-state index contributed by atoms with van der Waals surface area (Å²) in [5.74, 6) is -0.326. The van der Waals surface area contributed by atoms with Crippen LogP contribution in [0.15, 0.2) is 36.4 Å². The summed E-state index contributed by atoms with van der Waals surface area (Å²) >= 11 is 0. The molecule has 4 fully saturated rings. The third-order valence-corrected chi connectivity index (χ3v) is 16.3. The van der Waals surface area contributed by atoms with Gasteiger partial charge in [-0.05, 0) is 98.3 Å². The lowest BCUT2D eigenvalue weighted by molar-refractivity contribution is -0.157. The first kappa shape index (κ1) is 62.0. The van der Waals surface area contributed by atoms with Gasteiger partial charge in [0.1, 0.15) is 65.4 Å². The fourth-order valence-corrected chi connectivity index (χ4v) is 11.2. The average molecular weight is 1150 g/mol. The van der Waals surface area contributed by atoms with Gasteiger partial charge in [-0.2, -0.15) is 0 Å². The van der Waals surface area contributed by atoms with Crippen LogP contribution in [0.25, 0.3) is 22.1 Å². The number of aromatic nitrogens is 4. The summed E-state index contributed by atoms with van der Waals surface area (Å²) in [6.45, 7) is 11.7. The Morgan fingerprint density at radius 2 is 1.49 bits per heavy atom. The molecule has 22 heteroatoms. The van der Waals surface area contributed by atoms with Gasteiger partial charge in [-0.3, -0.25) is 14.4 Å². The molecule has 2 saturated carbocycles. The zero-order chi connectivity index (χ0) is 59.8. The van der Waals surface area contributed by atoms with Crippen molar-refractivity contribution in [1.82, 2.24) is 35.5 Å². The maximum Gasteiger partial charge on any atom is 0.408 e. The average Bonchev–Trinajstić information content (AvgIpc) is 4.38. The minimum Gasteiger partial charge on any atom is -0.497 e. The fraction of sp³-hybridized carbons (Fsp3) is 0.639. The van der Waals surface area contributed by atoms with E-state index in [4.69, 9.17) is 57.8 Å². The van der Waals surface area contributed by atoms with Crippen LogP contribution in [0.3, 0.4) is 0 Å². The van der Waals surface area contributed by atoms with Crippen molar-refractivity contribution >= 4 is 57.9 Å². The lowest BCUT2D eigenvalue weighted by Gasteiger charge is -2.34. The van der Waals surface area contributed by atoms with Crippen molar-refractivity contribution in [2.45, 2.75) is 180 Å². The van der Waals surface area contributed by atoms with E-state index in [2.05, 4.69) is 10.6 Å². The lowest BCUT2D eigenvalue weighted by Crippen LogP contribution is -2.49. The van der Waals surface area contributed by atoms with E-state index < -0.39 is 59.0 Å². The quantitative estimate of drug-likeness (QED) is 0.0579. The van der Waals surface area contributed by atoms with Gasteiger partial charge < -0.3 is 58.5 Å². The van der Waals surface area contributed by atoms with Gasteiger partial charge in [0.2, 0.25) is 17.7 Å². The van der Waals surface area contributed by atoms with Gasteiger partial charge in [0.15, 0.2) is 0 Å². The molecule has 22 nitrogen and oxygen atoms in total. The summed E-state index contributed by atoms with van der Waals surface area (Å²) in [5.41, 5.74) is 3.19. The third-order valence-electron chi connectivity index (χ3n) is 16.3. The maximum atomic E-state index is 14.0. The van der Waals surface area contributed by atoms with E-state index in [1.807, 2.05) is 57.2 Å². The molecular weight excluding hydrogens is 1070 g/mol. The molecule has 5 heterocycles. The number of methoxy groups -OCH3 is 4. The SMILES string of the molecule is COC(=O)[C@@H]1C[C@@H](Oc2nc3cc(OC)ccc3nc2CCCCC[C@@H]2C[C@H]2OC(=O)N[C@H](C(=O)O)C(C)(C)C)CN1.COC(=O)[C@@H]1C[C@@H]2CN1C(=O)[C@H](C(C)(C)C)CC(=O)O[C@@H]1C[C@H]1CCCCCc1nc3ccc(OC)cc3nc1O2. The van der Waals surface area contributed by atoms with Gasteiger partial charge >= 0.3 is 30.0 Å². The zero-order valence-corrected chi connectivity index (χ0v) is 49.7. The van der Waals surface area contributed by atoms with Crippen LogP contribution in [0.2, 0.25) is 0 Å². The number of carbonyl (C=O) groups excluding carboxylic acids is 5. The minimum absolute atomic E-state index is 0.0381. The van der Waals surface area contributed by atoms with E-state index in [9.17, 15) is 33.9 Å². The predicted molar refractivity (Wildman–Crippen MR) is 304 cm³/mol. The molecule has 2 aliphatic carbocycles. The van der Waals surface area contributed by atoms with Gasteiger partial charge in [0.05, 0.1) is 69.4 Å². The Kier molecular flexibility index (Phi) is 20.2. The monoisotopic (exact) mass is 1150 g/mol. The minimum atomic E-state index is -1.08. The highest BCUT2D eigenvalue weighted by molar-refractivity contribution is 5.89. The van der Waals surface area contributed by atoms with Crippen molar-refractivity contribution in [1.29, 1.82) is 0 Å². The Morgan fingerprint density at radius 1 is 0.795 bits per heavy atom. The van der Waals surface area contributed by atoms with E-state index in [0.717, 1.165) is 86.6 Å². The number of fused-ring (bicyclic) bond motifs is 6. The fourth-order valence-electron chi connectivity index (χ4n) is 11.2. The van der Waals surface area contributed by atoms with Crippen LogP contribution in [0, 0.1) is 28.6 Å². The highest BCUT2D eigenvalue weighted by Gasteiger charge is 2.48. The number of carboxylic acids is 1. The Morgan fingerprint density at radius 3 is 2.16 bits per heavy atom. The second kappa shape index (κ2) is 27.1. The third kappa shape index (κ3) is 16.4. The molecule has 0 unspecified atom stereocenters. The maximum absolute atomic E-state index is 14.0. The second-order valence-corrected chi connectivity index (χ2v) is 24.7. The molecule has 3 aliphatic heterocycles. The number of ether oxygens (including phenoxy) is 8. The zero-order valence-electron chi connectivity index (χ0n) is 49.7. The van der Waals surface area contributed by atoms with E-state index in [1.54, 1.807) is 35.0 Å². The number of nitrogens with one attached hydrogen (secondary N) is 2. The van der Waals surface area contributed by atoms with Crippen molar-refractivity contribution < 1.29 is 71.8 Å². The molecule has 2 aromatic heterocycles. The molecule has 2 amide bonds. The largest absolute Gasteiger partial charge is 0.497 e. The van der Waals surface area contributed by atoms with E-state index in [-0.39, 0.29) is 55.5 Å².